The van der Waals surface area contributed by atoms with E-state index < -0.39 is 11.9 Å². The second-order valence-electron chi connectivity index (χ2n) is 4.52. The maximum atomic E-state index is 13.1. The Morgan fingerprint density at radius 1 is 1.47 bits per heavy atom. The third kappa shape index (κ3) is 4.87. The monoisotopic (exact) mass is 269 g/mol. The fourth-order valence-electron chi connectivity index (χ4n) is 1.54. The Bertz CT molecular complexity index is 435. The number of benzene rings is 1. The lowest BCUT2D eigenvalue weighted by molar-refractivity contribution is -0.123. The third-order valence-electron chi connectivity index (χ3n) is 2.80. The molecule has 0 aliphatic carbocycles. The van der Waals surface area contributed by atoms with E-state index in [1.807, 2.05) is 13.8 Å². The van der Waals surface area contributed by atoms with Gasteiger partial charge in [-0.1, -0.05) is 6.92 Å². The highest BCUT2D eigenvalue weighted by Gasteiger charge is 2.12. The molecule has 1 aromatic rings. The zero-order valence-corrected chi connectivity index (χ0v) is 11.4. The van der Waals surface area contributed by atoms with Crippen molar-refractivity contribution in [1.29, 1.82) is 0 Å². The molecule has 1 rings (SSSR count). The molecule has 1 amide bonds. The maximum absolute atomic E-state index is 13.1. The van der Waals surface area contributed by atoms with E-state index in [1.165, 1.54) is 18.2 Å². The summed E-state index contributed by atoms with van der Waals surface area (Å²) in [6.45, 7) is 5.21. The fourth-order valence-corrected chi connectivity index (χ4v) is 1.54. The molecule has 2 N–H and O–H groups in total. The molecule has 0 heterocycles. The van der Waals surface area contributed by atoms with Gasteiger partial charge in [-0.3, -0.25) is 4.79 Å². The quantitative estimate of drug-likeness (QED) is 0.832. The molecule has 0 radical (unpaired) electrons. The Balaban J connectivity index is 2.66. The van der Waals surface area contributed by atoms with Crippen molar-refractivity contribution in [3.05, 3.63) is 29.6 Å². The van der Waals surface area contributed by atoms with E-state index in [0.717, 1.165) is 6.42 Å². The van der Waals surface area contributed by atoms with E-state index in [1.54, 1.807) is 6.92 Å². The first-order valence-corrected chi connectivity index (χ1v) is 6.33. The number of hydrogen-bond donors (Lipinski definition) is 2. The van der Waals surface area contributed by atoms with Gasteiger partial charge in [0, 0.05) is 17.7 Å². The second-order valence-corrected chi connectivity index (χ2v) is 4.52. The number of halogens is 1. The fraction of sp³-hybridized carbons (Fsp3) is 0.500. The highest BCUT2D eigenvalue weighted by Crippen LogP contribution is 2.25. The van der Waals surface area contributed by atoms with Crippen LogP contribution in [0.3, 0.4) is 0 Å². The van der Waals surface area contributed by atoms with Gasteiger partial charge in [0.1, 0.15) is 11.6 Å². The van der Waals surface area contributed by atoms with Gasteiger partial charge in [0.15, 0.2) is 6.61 Å². The zero-order chi connectivity index (χ0) is 14.4. The summed E-state index contributed by atoms with van der Waals surface area (Å²) in [5, 5.41) is 12.3. The van der Waals surface area contributed by atoms with Gasteiger partial charge in [0.2, 0.25) is 0 Å². The first-order valence-electron chi connectivity index (χ1n) is 6.33. The van der Waals surface area contributed by atoms with Crippen LogP contribution in [0, 0.1) is 5.82 Å². The minimum absolute atomic E-state index is 0.0693. The normalized spacial score (nSPS) is 13.7. The molecule has 4 nitrogen and oxygen atoms in total. The lowest BCUT2D eigenvalue weighted by Gasteiger charge is -2.15. The number of hydrogen-bond acceptors (Lipinski definition) is 3. The molecule has 0 aromatic heterocycles. The van der Waals surface area contributed by atoms with Crippen LogP contribution in [0.5, 0.6) is 5.75 Å². The second kappa shape index (κ2) is 7.09. The molecule has 1 aromatic carbocycles. The predicted octanol–water partition coefficient (Wildman–Crippen LogP) is 2.17. The van der Waals surface area contributed by atoms with Crippen LogP contribution in [0.15, 0.2) is 18.2 Å². The Morgan fingerprint density at radius 2 is 2.16 bits per heavy atom. The van der Waals surface area contributed by atoms with E-state index in [-0.39, 0.29) is 24.3 Å². The predicted molar refractivity (Wildman–Crippen MR) is 70.4 cm³/mol. The van der Waals surface area contributed by atoms with Crippen molar-refractivity contribution in [3.63, 3.8) is 0 Å². The standard InChI is InChI=1S/C14H20FNO3/c1-4-9(2)16-14(18)8-19-13-7-11(15)5-6-12(13)10(3)17/h5-7,9-10,17H,4,8H2,1-3H3,(H,16,18)/t9?,10-/m0/s1. The average molecular weight is 269 g/mol. The van der Waals surface area contributed by atoms with E-state index in [4.69, 9.17) is 4.74 Å². The Kier molecular flexibility index (Phi) is 5.76. The lowest BCUT2D eigenvalue weighted by atomic mass is 10.1. The van der Waals surface area contributed by atoms with Gasteiger partial charge in [0.25, 0.3) is 5.91 Å². The van der Waals surface area contributed by atoms with Gasteiger partial charge in [-0.15, -0.1) is 0 Å². The van der Waals surface area contributed by atoms with Gasteiger partial charge >= 0.3 is 0 Å². The van der Waals surface area contributed by atoms with E-state index in [0.29, 0.717) is 5.56 Å². The SMILES string of the molecule is CCC(C)NC(=O)COc1cc(F)ccc1[C@H](C)O. The van der Waals surface area contributed by atoms with Gasteiger partial charge in [-0.2, -0.15) is 0 Å². The number of nitrogens with one attached hydrogen (secondary N) is 1. The molecule has 0 saturated carbocycles. The molecule has 0 saturated heterocycles. The van der Waals surface area contributed by atoms with Crippen molar-refractivity contribution in [2.24, 2.45) is 0 Å². The average Bonchev–Trinajstić information content (AvgIpc) is 2.35. The molecule has 0 bridgehead atoms. The molecule has 0 fully saturated rings. The Hall–Kier alpha value is -1.62. The summed E-state index contributed by atoms with van der Waals surface area (Å²) in [4.78, 5) is 11.6. The molecular weight excluding hydrogens is 249 g/mol. The van der Waals surface area contributed by atoms with Crippen LogP contribution < -0.4 is 10.1 Å². The number of aliphatic hydroxyl groups excluding tert-OH is 1. The summed E-state index contributed by atoms with van der Waals surface area (Å²) < 4.78 is 18.4. The highest BCUT2D eigenvalue weighted by atomic mass is 19.1. The molecule has 2 atom stereocenters. The summed E-state index contributed by atoms with van der Waals surface area (Å²) in [5.41, 5.74) is 0.456. The van der Waals surface area contributed by atoms with Crippen molar-refractivity contribution in [1.82, 2.24) is 5.32 Å². The van der Waals surface area contributed by atoms with Gasteiger partial charge < -0.3 is 15.2 Å². The van der Waals surface area contributed by atoms with Crippen LogP contribution in [-0.4, -0.2) is 23.7 Å². The number of carbonyl (C=O) groups excluding carboxylic acids is 1. The van der Waals surface area contributed by atoms with Crippen LogP contribution in [0.4, 0.5) is 4.39 Å². The molecule has 19 heavy (non-hydrogen) atoms. The summed E-state index contributed by atoms with van der Waals surface area (Å²) in [7, 11) is 0. The minimum atomic E-state index is -0.784. The largest absolute Gasteiger partial charge is 0.483 e. The van der Waals surface area contributed by atoms with E-state index in [2.05, 4.69) is 5.32 Å². The number of rotatable bonds is 6. The summed E-state index contributed by atoms with van der Waals surface area (Å²) in [6.07, 6.45) is 0.0400. The minimum Gasteiger partial charge on any atom is -0.483 e. The zero-order valence-electron chi connectivity index (χ0n) is 11.4. The number of ether oxygens (including phenoxy) is 1. The highest BCUT2D eigenvalue weighted by molar-refractivity contribution is 5.77. The van der Waals surface area contributed by atoms with Crippen molar-refractivity contribution in [2.75, 3.05) is 6.61 Å². The van der Waals surface area contributed by atoms with Crippen molar-refractivity contribution < 1.29 is 19.0 Å². The number of aliphatic hydroxyl groups is 1. The number of carbonyl (C=O) groups is 1. The summed E-state index contributed by atoms with van der Waals surface area (Å²) >= 11 is 0. The van der Waals surface area contributed by atoms with Crippen LogP contribution in [0.1, 0.15) is 38.9 Å². The van der Waals surface area contributed by atoms with E-state index >= 15 is 0 Å². The Morgan fingerprint density at radius 3 is 2.74 bits per heavy atom. The van der Waals surface area contributed by atoms with Crippen LogP contribution in [0.2, 0.25) is 0 Å². The molecule has 106 valence electrons. The summed E-state index contributed by atoms with van der Waals surface area (Å²) in [6, 6.07) is 3.93. The van der Waals surface area contributed by atoms with Gasteiger partial charge in [0.05, 0.1) is 6.10 Å². The molecular formula is C14H20FNO3. The van der Waals surface area contributed by atoms with Crippen molar-refractivity contribution in [2.45, 2.75) is 39.3 Å². The van der Waals surface area contributed by atoms with Gasteiger partial charge in [-0.05, 0) is 32.4 Å². The Labute approximate surface area is 112 Å². The summed E-state index contributed by atoms with van der Waals surface area (Å²) in [5.74, 6) is -0.550. The van der Waals surface area contributed by atoms with Crippen LogP contribution in [0.25, 0.3) is 0 Å². The van der Waals surface area contributed by atoms with Crippen molar-refractivity contribution in [3.8, 4) is 5.75 Å². The maximum Gasteiger partial charge on any atom is 0.258 e. The molecule has 5 heteroatoms. The first kappa shape index (κ1) is 15.4. The molecule has 1 unspecified atom stereocenters. The third-order valence-corrected chi connectivity index (χ3v) is 2.80. The molecule has 0 aliphatic rings. The number of amides is 1. The lowest BCUT2D eigenvalue weighted by Crippen LogP contribution is -2.35. The van der Waals surface area contributed by atoms with Gasteiger partial charge in [-0.25, -0.2) is 4.39 Å². The van der Waals surface area contributed by atoms with Crippen molar-refractivity contribution >= 4 is 5.91 Å². The van der Waals surface area contributed by atoms with Crippen LogP contribution >= 0.6 is 0 Å². The molecule has 0 aliphatic heterocycles. The smallest absolute Gasteiger partial charge is 0.258 e. The van der Waals surface area contributed by atoms with Crippen LogP contribution in [-0.2, 0) is 4.79 Å². The molecule has 0 spiro atoms. The van der Waals surface area contributed by atoms with E-state index in [9.17, 15) is 14.3 Å². The first-order chi connectivity index (χ1) is 8.93. The topological polar surface area (TPSA) is 58.6 Å².